The minimum atomic E-state index is -0.703. The van der Waals surface area contributed by atoms with Crippen LogP contribution in [0.1, 0.15) is 42.4 Å². The van der Waals surface area contributed by atoms with Gasteiger partial charge in [0.2, 0.25) is 0 Å². The van der Waals surface area contributed by atoms with Crippen LogP contribution in [0, 0.1) is 22.5 Å². The van der Waals surface area contributed by atoms with Crippen LogP contribution in [0.4, 0.5) is 0 Å². The Morgan fingerprint density at radius 3 is 2.04 bits per heavy atom. The van der Waals surface area contributed by atoms with Crippen molar-refractivity contribution in [3.63, 3.8) is 0 Å². The van der Waals surface area contributed by atoms with Gasteiger partial charge < -0.3 is 5.73 Å². The molecule has 3 rings (SSSR count). The zero-order valence-electron chi connectivity index (χ0n) is 16.3. The molecule has 1 aliphatic rings. The Labute approximate surface area is 170 Å². The van der Waals surface area contributed by atoms with E-state index in [0.29, 0.717) is 5.02 Å². The molecule has 0 spiro atoms. The second-order valence-corrected chi connectivity index (χ2v) is 8.05. The lowest BCUT2D eigenvalue weighted by Crippen LogP contribution is -2.37. The molecule has 2 aromatic carbocycles. The van der Waals surface area contributed by atoms with E-state index in [4.69, 9.17) is 17.3 Å². The normalized spacial score (nSPS) is 23.8. The predicted octanol–water partition coefficient (Wildman–Crippen LogP) is 5.60. The second-order valence-electron chi connectivity index (χ2n) is 7.62. The van der Waals surface area contributed by atoms with Gasteiger partial charge in [-0.1, -0.05) is 79.6 Å². The number of benzene rings is 2. The molecule has 0 bridgehead atoms. The number of halogens is 1. The summed E-state index contributed by atoms with van der Waals surface area (Å²) in [6.45, 7) is 6.26. The summed E-state index contributed by atoms with van der Waals surface area (Å²) in [5.74, 6) is -0.00255. The van der Waals surface area contributed by atoms with Crippen molar-refractivity contribution >= 4 is 11.6 Å². The van der Waals surface area contributed by atoms with E-state index in [1.54, 1.807) is 12.2 Å². The van der Waals surface area contributed by atoms with E-state index in [1.807, 2.05) is 31.2 Å². The van der Waals surface area contributed by atoms with Crippen LogP contribution in [0.25, 0.3) is 0 Å². The van der Waals surface area contributed by atoms with Crippen LogP contribution in [-0.2, 0) is 0 Å². The average Bonchev–Trinajstić information content (AvgIpc) is 2.68. The molecule has 28 heavy (non-hydrogen) atoms. The maximum absolute atomic E-state index is 11.7. The fraction of sp³-hybridized carbons (Fsp3) is 0.304. The molecule has 0 saturated carbocycles. The quantitative estimate of drug-likeness (QED) is 0.406. The summed E-state index contributed by atoms with van der Waals surface area (Å²) in [6.07, 6.45) is 5.57. The summed E-state index contributed by atoms with van der Waals surface area (Å²) in [5, 5.41) is 12.3. The van der Waals surface area contributed by atoms with Crippen molar-refractivity contribution in [3.05, 3.63) is 104 Å². The number of rotatable bonds is 5. The molecule has 2 aromatic rings. The fourth-order valence-electron chi connectivity index (χ4n) is 4.04. The Kier molecular flexibility index (Phi) is 5.73. The molecule has 4 nitrogen and oxygen atoms in total. The van der Waals surface area contributed by atoms with E-state index in [0.717, 1.165) is 11.1 Å². The number of allylic oxidation sites excluding steroid dienone is 2. The first-order valence-corrected chi connectivity index (χ1v) is 9.76. The van der Waals surface area contributed by atoms with Gasteiger partial charge in [-0.15, -0.1) is 0 Å². The van der Waals surface area contributed by atoms with E-state index >= 15 is 0 Å². The first-order valence-electron chi connectivity index (χ1n) is 9.38. The molecule has 5 heteroatoms. The monoisotopic (exact) mass is 396 g/mol. The minimum Gasteiger partial charge on any atom is -0.316 e. The van der Waals surface area contributed by atoms with Gasteiger partial charge in [-0.2, -0.15) is 0 Å². The van der Waals surface area contributed by atoms with Crippen molar-refractivity contribution in [2.45, 2.75) is 38.6 Å². The van der Waals surface area contributed by atoms with Crippen molar-refractivity contribution in [2.24, 2.45) is 11.1 Å². The van der Waals surface area contributed by atoms with Gasteiger partial charge in [0, 0.05) is 16.5 Å². The van der Waals surface area contributed by atoms with E-state index < -0.39 is 11.5 Å². The van der Waals surface area contributed by atoms with Crippen molar-refractivity contribution in [1.29, 1.82) is 0 Å². The smallest absolute Gasteiger partial charge is 0.263 e. The molecule has 0 fully saturated rings. The fourth-order valence-corrected chi connectivity index (χ4v) is 4.17. The molecule has 0 aromatic heterocycles. The second kappa shape index (κ2) is 7.90. The van der Waals surface area contributed by atoms with Gasteiger partial charge in [-0.25, -0.2) is 0 Å². The van der Waals surface area contributed by atoms with Gasteiger partial charge in [-0.05, 0) is 42.0 Å². The maximum Gasteiger partial charge on any atom is 0.263 e. The molecule has 146 valence electrons. The van der Waals surface area contributed by atoms with Crippen molar-refractivity contribution in [3.8, 4) is 0 Å². The molecule has 0 radical (unpaired) electrons. The molecule has 4 atom stereocenters. The van der Waals surface area contributed by atoms with Crippen LogP contribution >= 0.6 is 11.6 Å². The highest BCUT2D eigenvalue weighted by molar-refractivity contribution is 6.30. The third-order valence-corrected chi connectivity index (χ3v) is 6.24. The minimum absolute atomic E-state index is 0.0116. The first-order chi connectivity index (χ1) is 13.2. The Hall–Kier alpha value is -2.43. The Morgan fingerprint density at radius 2 is 1.54 bits per heavy atom. The number of nitro groups is 1. The largest absolute Gasteiger partial charge is 0.316 e. The lowest BCUT2D eigenvalue weighted by molar-refractivity contribution is -0.429. The topological polar surface area (TPSA) is 69.2 Å². The van der Waals surface area contributed by atoms with Gasteiger partial charge in [0.25, 0.3) is 5.70 Å². The predicted molar refractivity (Wildman–Crippen MR) is 114 cm³/mol. The highest BCUT2D eigenvalue weighted by atomic mass is 35.5. The van der Waals surface area contributed by atoms with Crippen LogP contribution in [0.5, 0.6) is 0 Å². The van der Waals surface area contributed by atoms with Crippen LogP contribution in [0.3, 0.4) is 0 Å². The highest BCUT2D eigenvalue weighted by Gasteiger charge is 2.44. The number of hydrogen-bond donors (Lipinski definition) is 1. The molecule has 0 saturated heterocycles. The van der Waals surface area contributed by atoms with Crippen molar-refractivity contribution in [2.75, 3.05) is 0 Å². The number of aryl methyl sites for hydroxylation is 1. The van der Waals surface area contributed by atoms with Crippen molar-refractivity contribution in [1.82, 2.24) is 0 Å². The SMILES string of the molecule is Cc1ccc(C(C)C2(C(C)c3ccc(Cl)cc3)C=CC(N)C([N+](=O)[O-])=C2)cc1. The molecule has 0 aliphatic heterocycles. The van der Waals surface area contributed by atoms with Gasteiger partial charge in [0.1, 0.15) is 6.04 Å². The molecule has 1 aliphatic carbocycles. The van der Waals surface area contributed by atoms with Gasteiger partial charge in [0.15, 0.2) is 0 Å². The molecular weight excluding hydrogens is 372 g/mol. The number of hydrogen-bond acceptors (Lipinski definition) is 3. The van der Waals surface area contributed by atoms with E-state index in [2.05, 4.69) is 44.2 Å². The number of nitrogens with two attached hydrogens (primary N) is 1. The summed E-state index contributed by atoms with van der Waals surface area (Å²) in [6, 6.07) is 15.3. The zero-order valence-corrected chi connectivity index (χ0v) is 17.1. The molecule has 0 heterocycles. The average molecular weight is 397 g/mol. The molecular formula is C23H25ClN2O2. The van der Waals surface area contributed by atoms with Crippen LogP contribution in [-0.4, -0.2) is 11.0 Å². The first kappa shape index (κ1) is 20.3. The molecule has 2 N–H and O–H groups in total. The summed E-state index contributed by atoms with van der Waals surface area (Å²) in [7, 11) is 0. The maximum atomic E-state index is 11.7. The Balaban J connectivity index is 2.16. The van der Waals surface area contributed by atoms with Crippen LogP contribution in [0.15, 0.2) is 72.5 Å². The van der Waals surface area contributed by atoms with Gasteiger partial charge >= 0.3 is 0 Å². The third kappa shape index (κ3) is 3.75. The van der Waals surface area contributed by atoms with Crippen molar-refractivity contribution < 1.29 is 4.92 Å². The summed E-state index contributed by atoms with van der Waals surface area (Å²) in [5.41, 5.74) is 8.85. The summed E-state index contributed by atoms with van der Waals surface area (Å²) >= 11 is 6.06. The van der Waals surface area contributed by atoms with Gasteiger partial charge in [-0.3, -0.25) is 10.1 Å². The Morgan fingerprint density at radius 1 is 1.04 bits per heavy atom. The molecule has 0 amide bonds. The lowest BCUT2D eigenvalue weighted by Gasteiger charge is -2.41. The summed E-state index contributed by atoms with van der Waals surface area (Å²) in [4.78, 5) is 11.3. The summed E-state index contributed by atoms with van der Waals surface area (Å²) < 4.78 is 0. The third-order valence-electron chi connectivity index (χ3n) is 5.99. The van der Waals surface area contributed by atoms with Crippen LogP contribution in [0.2, 0.25) is 5.02 Å². The lowest BCUT2D eigenvalue weighted by atomic mass is 9.61. The highest BCUT2D eigenvalue weighted by Crippen LogP contribution is 2.51. The van der Waals surface area contributed by atoms with E-state index in [-0.39, 0.29) is 22.5 Å². The standard InChI is InChI=1S/C23H25ClN2O2/c1-15-4-6-18(7-5-15)16(2)23(13-12-21(25)22(14-23)26(27)28)17(3)19-8-10-20(24)11-9-19/h4-14,16-17,21H,25H2,1-3H3. The Bertz CT molecular complexity index is 865. The molecule has 4 unspecified atom stereocenters. The number of nitrogens with zero attached hydrogens (tertiary/aromatic N) is 1. The van der Waals surface area contributed by atoms with E-state index in [9.17, 15) is 10.1 Å². The van der Waals surface area contributed by atoms with E-state index in [1.165, 1.54) is 5.56 Å². The van der Waals surface area contributed by atoms with Crippen LogP contribution < -0.4 is 5.73 Å². The zero-order chi connectivity index (χ0) is 20.5. The van der Waals surface area contributed by atoms with Gasteiger partial charge in [0.05, 0.1) is 4.92 Å².